The number of aliphatic carboxylic acids is 1. The van der Waals surface area contributed by atoms with Crippen LogP contribution in [-0.4, -0.2) is 82.3 Å². The van der Waals surface area contributed by atoms with Crippen LogP contribution in [0.3, 0.4) is 0 Å². The third-order valence-electron chi connectivity index (χ3n) is 19.2. The van der Waals surface area contributed by atoms with Gasteiger partial charge in [-0.2, -0.15) is 0 Å². The van der Waals surface area contributed by atoms with Crippen LogP contribution in [0.1, 0.15) is 425 Å². The molecule has 0 radical (unpaired) electrons. The first-order valence-electron chi connectivity index (χ1n) is 42.4. The summed E-state index contributed by atoms with van der Waals surface area (Å²) in [4.78, 5) is 37.6. The summed E-state index contributed by atoms with van der Waals surface area (Å²) >= 11 is 0. The molecule has 9 heteroatoms. The van der Waals surface area contributed by atoms with E-state index in [-0.39, 0.29) is 32.2 Å². The third-order valence-corrected chi connectivity index (χ3v) is 19.2. The largest absolute Gasteiger partial charge is 0.545 e. The summed E-state index contributed by atoms with van der Waals surface area (Å²) in [5.74, 6) is -2.25. The molecule has 0 saturated heterocycles. The smallest absolute Gasteiger partial charge is 0.306 e. The molecule has 97 heavy (non-hydrogen) atoms. The molecule has 2 unspecified atom stereocenters. The number of quaternary nitrogens is 1. The van der Waals surface area contributed by atoms with Crippen LogP contribution in [0.4, 0.5) is 0 Å². The number of unbranched alkanes of at least 4 members (excludes halogenated alkanes) is 55. The van der Waals surface area contributed by atoms with Gasteiger partial charge in [0.2, 0.25) is 0 Å². The molecule has 0 spiro atoms. The zero-order valence-electron chi connectivity index (χ0n) is 65.2. The summed E-state index contributed by atoms with van der Waals surface area (Å²) in [7, 11) is 5.95. The first kappa shape index (κ1) is 94.0. The van der Waals surface area contributed by atoms with Gasteiger partial charge in [0.25, 0.3) is 0 Å². The van der Waals surface area contributed by atoms with E-state index in [1.165, 1.54) is 340 Å². The molecular weight excluding hydrogens is 1200 g/mol. The maximum atomic E-state index is 13.0. The summed E-state index contributed by atoms with van der Waals surface area (Å²) in [6.45, 7) is 4.80. The summed E-state index contributed by atoms with van der Waals surface area (Å²) in [5.41, 5.74) is 0. The van der Waals surface area contributed by atoms with Crippen LogP contribution in [0.15, 0.2) is 60.8 Å². The number of carboxylic acids is 1. The van der Waals surface area contributed by atoms with Crippen molar-refractivity contribution < 1.29 is 42.9 Å². The summed E-state index contributed by atoms with van der Waals surface area (Å²) in [6, 6.07) is 0. The van der Waals surface area contributed by atoms with Crippen LogP contribution < -0.4 is 5.11 Å². The Morgan fingerprint density at radius 2 is 0.557 bits per heavy atom. The number of allylic oxidation sites excluding steroid dienone is 10. The fourth-order valence-electron chi connectivity index (χ4n) is 12.8. The molecular formula is C88H163NO8. The van der Waals surface area contributed by atoms with E-state index in [0.717, 1.165) is 57.8 Å². The van der Waals surface area contributed by atoms with Crippen molar-refractivity contribution in [2.45, 2.75) is 437 Å². The van der Waals surface area contributed by atoms with Crippen molar-refractivity contribution in [3.8, 4) is 0 Å². The Kier molecular flexibility index (Phi) is 76.3. The van der Waals surface area contributed by atoms with E-state index in [2.05, 4.69) is 74.6 Å². The highest BCUT2D eigenvalue weighted by Crippen LogP contribution is 2.20. The van der Waals surface area contributed by atoms with E-state index in [4.69, 9.17) is 18.9 Å². The SMILES string of the molecule is CCCCCCC/C=C\C/C=C\C/C=C\CCCCCCCCCCCCCCCCCCCCCCCCCCCCC(=O)OC(COC(=O)CCCCCCCCCCCCCCCCCCCCC/C=C\C/C=C\CCCCCCC)COC(OCC[N+](C)(C)C)C(=O)[O-]. The highest BCUT2D eigenvalue weighted by Gasteiger charge is 2.22. The maximum Gasteiger partial charge on any atom is 0.306 e. The highest BCUT2D eigenvalue weighted by molar-refractivity contribution is 5.70. The van der Waals surface area contributed by atoms with Gasteiger partial charge >= 0.3 is 11.9 Å². The van der Waals surface area contributed by atoms with E-state index in [0.29, 0.717) is 17.4 Å². The minimum Gasteiger partial charge on any atom is -0.545 e. The van der Waals surface area contributed by atoms with Crippen molar-refractivity contribution >= 4 is 17.9 Å². The molecule has 0 aromatic carbocycles. The van der Waals surface area contributed by atoms with Gasteiger partial charge in [-0.15, -0.1) is 0 Å². The molecule has 0 bridgehead atoms. The predicted octanol–water partition coefficient (Wildman–Crippen LogP) is 26.0. The van der Waals surface area contributed by atoms with E-state index in [1.54, 1.807) is 0 Å². The van der Waals surface area contributed by atoms with Gasteiger partial charge in [0.05, 0.1) is 40.3 Å². The summed E-state index contributed by atoms with van der Waals surface area (Å²) in [5, 5.41) is 11.9. The van der Waals surface area contributed by atoms with Gasteiger partial charge in [0.15, 0.2) is 12.4 Å². The normalized spacial score (nSPS) is 12.9. The number of hydrogen-bond donors (Lipinski definition) is 0. The van der Waals surface area contributed by atoms with Gasteiger partial charge in [-0.3, -0.25) is 9.59 Å². The van der Waals surface area contributed by atoms with Crippen molar-refractivity contribution in [1.29, 1.82) is 0 Å². The molecule has 0 aromatic heterocycles. The minimum absolute atomic E-state index is 0.150. The van der Waals surface area contributed by atoms with Crippen molar-refractivity contribution in [1.82, 2.24) is 0 Å². The van der Waals surface area contributed by atoms with Crippen molar-refractivity contribution in [2.24, 2.45) is 0 Å². The lowest BCUT2D eigenvalue weighted by Gasteiger charge is -2.26. The molecule has 0 aliphatic rings. The molecule has 0 saturated carbocycles. The van der Waals surface area contributed by atoms with Crippen molar-refractivity contribution in [3.05, 3.63) is 60.8 Å². The van der Waals surface area contributed by atoms with E-state index in [1.807, 2.05) is 21.1 Å². The van der Waals surface area contributed by atoms with Gasteiger partial charge < -0.3 is 33.3 Å². The molecule has 0 fully saturated rings. The number of nitrogens with zero attached hydrogens (tertiary/aromatic N) is 1. The molecule has 2 atom stereocenters. The lowest BCUT2D eigenvalue weighted by atomic mass is 10.0. The first-order valence-corrected chi connectivity index (χ1v) is 42.4. The van der Waals surface area contributed by atoms with Crippen LogP contribution in [0.5, 0.6) is 0 Å². The molecule has 9 nitrogen and oxygen atoms in total. The minimum atomic E-state index is -1.62. The van der Waals surface area contributed by atoms with Crippen molar-refractivity contribution in [3.63, 3.8) is 0 Å². The number of likely N-dealkylation sites (N-methyl/N-ethyl adjacent to an activating group) is 1. The zero-order chi connectivity index (χ0) is 70.4. The Morgan fingerprint density at radius 3 is 0.825 bits per heavy atom. The molecule has 0 aliphatic heterocycles. The van der Waals surface area contributed by atoms with Gasteiger partial charge in [-0.25, -0.2) is 0 Å². The van der Waals surface area contributed by atoms with E-state index >= 15 is 0 Å². The Labute approximate surface area is 603 Å². The quantitative estimate of drug-likeness (QED) is 0.0195. The summed E-state index contributed by atoms with van der Waals surface area (Å²) in [6.07, 6.45) is 102. The van der Waals surface area contributed by atoms with Crippen LogP contribution in [0, 0.1) is 0 Å². The second-order valence-electron chi connectivity index (χ2n) is 30.1. The molecule has 568 valence electrons. The van der Waals surface area contributed by atoms with Crippen LogP contribution in [0.25, 0.3) is 0 Å². The van der Waals surface area contributed by atoms with Gasteiger partial charge in [-0.05, 0) is 83.5 Å². The number of ether oxygens (including phenoxy) is 4. The second-order valence-corrected chi connectivity index (χ2v) is 30.1. The number of esters is 2. The zero-order valence-corrected chi connectivity index (χ0v) is 65.2. The Balaban J connectivity index is 3.93. The number of carboxylic acid groups (broad SMARTS) is 1. The standard InChI is InChI=1S/C88H163NO8/c1-6-8-10-12-14-16-18-20-22-24-26-28-30-32-34-36-38-39-40-41-42-43-44-45-46-47-49-51-53-55-57-59-61-63-65-67-69-71-73-75-77-79-86(91)97-84(83-96-88(87(92)93)94-81-80-89(3,4)5)82-95-85(90)78-76-74-72-70-68-66-64-62-60-58-56-54-52-50-48-37-35-33-31-29-27-25-23-21-19-17-15-13-11-9-7-2/h18-21,24-27,30,32,84,88H,6-17,22-23,28-29,31,33-83H2,1-5H3/b20-18-,21-19-,26-24-,27-25-,32-30-. The lowest BCUT2D eigenvalue weighted by Crippen LogP contribution is -2.44. The second kappa shape index (κ2) is 78.7. The van der Waals surface area contributed by atoms with Crippen LogP contribution in [0.2, 0.25) is 0 Å². The molecule has 0 aliphatic carbocycles. The van der Waals surface area contributed by atoms with Crippen LogP contribution in [-0.2, 0) is 33.3 Å². The van der Waals surface area contributed by atoms with Crippen LogP contribution >= 0.6 is 0 Å². The Bertz CT molecular complexity index is 1780. The Morgan fingerprint density at radius 1 is 0.309 bits per heavy atom. The number of carbonyl (C=O) groups is 3. The van der Waals surface area contributed by atoms with Gasteiger partial charge in [-0.1, -0.05) is 389 Å². The van der Waals surface area contributed by atoms with Crippen molar-refractivity contribution in [2.75, 3.05) is 47.5 Å². The first-order chi connectivity index (χ1) is 47.6. The lowest BCUT2D eigenvalue weighted by molar-refractivity contribution is -0.870. The maximum absolute atomic E-state index is 13.0. The predicted molar refractivity (Wildman–Crippen MR) is 417 cm³/mol. The topological polar surface area (TPSA) is 111 Å². The fourth-order valence-corrected chi connectivity index (χ4v) is 12.8. The number of rotatable bonds is 80. The molecule has 0 heterocycles. The van der Waals surface area contributed by atoms with Gasteiger partial charge in [0.1, 0.15) is 13.2 Å². The molecule has 0 amide bonds. The number of hydrogen-bond acceptors (Lipinski definition) is 8. The third kappa shape index (κ3) is 80.2. The fraction of sp³-hybridized carbons (Fsp3) is 0.852. The molecule has 0 aromatic rings. The number of carbonyl (C=O) groups excluding carboxylic acids is 3. The molecule has 0 rings (SSSR count). The average molecular weight is 1360 g/mol. The Hall–Kier alpha value is -3.01. The monoisotopic (exact) mass is 1360 g/mol. The van der Waals surface area contributed by atoms with Gasteiger partial charge in [0, 0.05) is 12.8 Å². The summed E-state index contributed by atoms with van der Waals surface area (Å²) < 4.78 is 22.9. The average Bonchev–Trinajstić information content (AvgIpc) is 3.27. The molecule has 0 N–H and O–H groups in total. The van der Waals surface area contributed by atoms with E-state index in [9.17, 15) is 19.5 Å². The highest BCUT2D eigenvalue weighted by atomic mass is 16.7. The van der Waals surface area contributed by atoms with E-state index < -0.39 is 24.3 Å².